The molecule has 28 heavy (non-hydrogen) atoms. The number of methoxy groups -OCH3 is 1. The molecule has 0 saturated carbocycles. The van der Waals surface area contributed by atoms with Crippen LogP contribution < -0.4 is 14.2 Å². The van der Waals surface area contributed by atoms with Crippen LogP contribution in [0.15, 0.2) is 52.4 Å². The maximum Gasteiger partial charge on any atom is 0.573 e. The minimum atomic E-state index is -4.96. The average molecular weight is 431 g/mol. The van der Waals surface area contributed by atoms with E-state index in [1.54, 1.807) is 10.9 Å². The lowest BCUT2D eigenvalue weighted by Gasteiger charge is -2.14. The van der Waals surface area contributed by atoms with Crippen LogP contribution >= 0.6 is 11.3 Å². The van der Waals surface area contributed by atoms with Crippen LogP contribution in [0.4, 0.5) is 18.9 Å². The van der Waals surface area contributed by atoms with Gasteiger partial charge in [-0.05, 0) is 18.2 Å². The molecule has 0 aliphatic heterocycles. The zero-order chi connectivity index (χ0) is 20.4. The number of halogens is 3. The molecule has 2 aromatic heterocycles. The number of sulfonamides is 1. The van der Waals surface area contributed by atoms with E-state index in [1.165, 1.54) is 36.9 Å². The van der Waals surface area contributed by atoms with E-state index in [4.69, 9.17) is 4.74 Å². The third-order valence-electron chi connectivity index (χ3n) is 3.38. The maximum atomic E-state index is 12.7. The number of ether oxygens (including phenoxy) is 2. The van der Waals surface area contributed by atoms with Crippen molar-refractivity contribution in [1.29, 1.82) is 0 Å². The predicted octanol–water partition coefficient (Wildman–Crippen LogP) is 3.91. The Morgan fingerprint density at radius 2 is 1.96 bits per heavy atom. The highest BCUT2D eigenvalue weighted by molar-refractivity contribution is 7.92. The van der Waals surface area contributed by atoms with E-state index in [1.807, 2.05) is 0 Å². The summed E-state index contributed by atoms with van der Waals surface area (Å²) in [4.78, 5) is 7.56. The Balaban J connectivity index is 1.94. The van der Waals surface area contributed by atoms with Gasteiger partial charge in [0.25, 0.3) is 10.0 Å². The maximum absolute atomic E-state index is 12.7. The van der Waals surface area contributed by atoms with Crippen LogP contribution in [0.25, 0.3) is 11.3 Å². The number of hydrogen-bond acceptors (Lipinski definition) is 7. The Labute approximate surface area is 161 Å². The minimum absolute atomic E-state index is 0.106. The van der Waals surface area contributed by atoms with E-state index in [0.717, 1.165) is 18.2 Å². The molecule has 3 aromatic rings. The van der Waals surface area contributed by atoms with Gasteiger partial charge in [-0.1, -0.05) is 0 Å². The van der Waals surface area contributed by atoms with Gasteiger partial charge in [0.15, 0.2) is 0 Å². The summed E-state index contributed by atoms with van der Waals surface area (Å²) in [7, 11) is -3.10. The lowest BCUT2D eigenvalue weighted by Crippen LogP contribution is -2.18. The summed E-state index contributed by atoms with van der Waals surface area (Å²) in [5.41, 5.74) is 2.90. The molecular formula is C16H12F3N3O4S2. The first kappa shape index (κ1) is 19.9. The van der Waals surface area contributed by atoms with Gasteiger partial charge in [-0.2, -0.15) is 0 Å². The molecular weight excluding hydrogens is 419 g/mol. The van der Waals surface area contributed by atoms with Crippen molar-refractivity contribution >= 4 is 27.0 Å². The third-order valence-corrected chi connectivity index (χ3v) is 5.37. The summed E-state index contributed by atoms with van der Waals surface area (Å²) in [6.07, 6.45) is -2.20. The molecule has 2 heterocycles. The molecule has 7 nitrogen and oxygen atoms in total. The highest BCUT2D eigenvalue weighted by Crippen LogP contribution is 2.32. The molecule has 0 fully saturated rings. The number of alkyl halides is 3. The minimum Gasteiger partial charge on any atom is -0.495 e. The van der Waals surface area contributed by atoms with Gasteiger partial charge in [0, 0.05) is 23.2 Å². The van der Waals surface area contributed by atoms with Crippen molar-refractivity contribution in [2.75, 3.05) is 11.8 Å². The van der Waals surface area contributed by atoms with Crippen molar-refractivity contribution in [3.63, 3.8) is 0 Å². The Morgan fingerprint density at radius 1 is 1.18 bits per heavy atom. The van der Waals surface area contributed by atoms with Crippen molar-refractivity contribution in [1.82, 2.24) is 9.97 Å². The van der Waals surface area contributed by atoms with Crippen molar-refractivity contribution in [2.24, 2.45) is 0 Å². The average Bonchev–Trinajstić information content (AvgIpc) is 3.15. The topological polar surface area (TPSA) is 90.4 Å². The van der Waals surface area contributed by atoms with Crippen LogP contribution in [0.3, 0.4) is 0 Å². The summed E-state index contributed by atoms with van der Waals surface area (Å²) >= 11 is 1.36. The molecule has 0 saturated heterocycles. The molecule has 0 aliphatic carbocycles. The first-order valence-electron chi connectivity index (χ1n) is 7.48. The second kappa shape index (κ2) is 7.64. The highest BCUT2D eigenvalue weighted by Gasteiger charge is 2.32. The van der Waals surface area contributed by atoms with E-state index in [2.05, 4.69) is 19.4 Å². The van der Waals surface area contributed by atoms with E-state index in [9.17, 15) is 21.6 Å². The van der Waals surface area contributed by atoms with Gasteiger partial charge in [0.2, 0.25) is 0 Å². The van der Waals surface area contributed by atoms with Crippen molar-refractivity contribution in [3.05, 3.63) is 47.5 Å². The Bertz CT molecular complexity index is 1070. The molecule has 1 N–H and O–H groups in total. The van der Waals surface area contributed by atoms with Gasteiger partial charge in [0.1, 0.15) is 16.4 Å². The van der Waals surface area contributed by atoms with E-state index < -0.39 is 27.0 Å². The van der Waals surface area contributed by atoms with Gasteiger partial charge in [-0.3, -0.25) is 9.71 Å². The zero-order valence-corrected chi connectivity index (χ0v) is 15.7. The van der Waals surface area contributed by atoms with Crippen molar-refractivity contribution in [2.45, 2.75) is 11.3 Å². The van der Waals surface area contributed by atoms with Gasteiger partial charge in [0.05, 0.1) is 30.2 Å². The van der Waals surface area contributed by atoms with Crippen LogP contribution in [0.5, 0.6) is 11.5 Å². The van der Waals surface area contributed by atoms with Crippen molar-refractivity contribution < 1.29 is 31.1 Å². The first-order chi connectivity index (χ1) is 13.2. The fraction of sp³-hybridized carbons (Fsp3) is 0.125. The molecule has 0 atom stereocenters. The molecule has 0 spiro atoms. The number of pyridine rings is 1. The number of nitrogens with zero attached hydrogens (tertiary/aromatic N) is 2. The molecule has 0 aliphatic rings. The standard InChI is InChI=1S/C16H12F3N3O4S2/c1-25-14-3-2-12(26-16(17,18)19)5-15(14)28(23,24)22-11-4-10(6-20-7-11)13-8-27-9-21-13/h2-9,22H,1H3. The Morgan fingerprint density at radius 3 is 2.61 bits per heavy atom. The lowest BCUT2D eigenvalue weighted by atomic mass is 10.2. The van der Waals surface area contributed by atoms with Crippen molar-refractivity contribution in [3.8, 4) is 22.8 Å². The Kier molecular flexibility index (Phi) is 5.42. The summed E-state index contributed by atoms with van der Waals surface area (Å²) in [5.74, 6) is -0.839. The number of benzene rings is 1. The smallest absolute Gasteiger partial charge is 0.495 e. The molecule has 0 radical (unpaired) electrons. The van der Waals surface area contributed by atoms with Gasteiger partial charge < -0.3 is 9.47 Å². The van der Waals surface area contributed by atoms with Gasteiger partial charge in [-0.25, -0.2) is 13.4 Å². The largest absolute Gasteiger partial charge is 0.573 e. The Hall–Kier alpha value is -2.86. The van der Waals surface area contributed by atoms with Crippen LogP contribution in [0.2, 0.25) is 0 Å². The summed E-state index contributed by atoms with van der Waals surface area (Å²) in [6, 6.07) is 4.25. The number of rotatable bonds is 6. The molecule has 0 amide bonds. The number of anilines is 1. The molecule has 0 unspecified atom stereocenters. The molecule has 148 valence electrons. The first-order valence-corrected chi connectivity index (χ1v) is 9.91. The van der Waals surface area contributed by atoms with Crippen LogP contribution in [-0.2, 0) is 10.0 Å². The monoisotopic (exact) mass is 431 g/mol. The van der Waals surface area contributed by atoms with E-state index in [0.29, 0.717) is 11.3 Å². The second-order valence-corrected chi connectivity index (χ2v) is 7.67. The van der Waals surface area contributed by atoms with E-state index >= 15 is 0 Å². The number of aromatic nitrogens is 2. The SMILES string of the molecule is COc1ccc(OC(F)(F)F)cc1S(=O)(=O)Nc1cncc(-c2cscn2)c1. The van der Waals surface area contributed by atoms with Gasteiger partial charge in [-0.15, -0.1) is 24.5 Å². The number of nitrogens with one attached hydrogen (secondary N) is 1. The quantitative estimate of drug-likeness (QED) is 0.636. The molecule has 0 bridgehead atoms. The van der Waals surface area contributed by atoms with Crippen LogP contribution in [-0.4, -0.2) is 31.9 Å². The fourth-order valence-electron chi connectivity index (χ4n) is 2.27. The predicted molar refractivity (Wildman–Crippen MR) is 95.8 cm³/mol. The zero-order valence-electron chi connectivity index (χ0n) is 14.1. The lowest BCUT2D eigenvalue weighted by molar-refractivity contribution is -0.274. The summed E-state index contributed by atoms with van der Waals surface area (Å²) in [6.45, 7) is 0. The van der Waals surface area contributed by atoms with Crippen LogP contribution in [0, 0.1) is 0 Å². The molecule has 1 aromatic carbocycles. The second-order valence-electron chi connectivity index (χ2n) is 5.30. The molecule has 3 rings (SSSR count). The number of thiazole rings is 1. The highest BCUT2D eigenvalue weighted by atomic mass is 32.2. The molecule has 12 heteroatoms. The fourth-order valence-corrected chi connectivity index (χ4v) is 4.05. The van der Waals surface area contributed by atoms with Crippen LogP contribution in [0.1, 0.15) is 0 Å². The summed E-state index contributed by atoms with van der Waals surface area (Å²) in [5, 5.41) is 1.76. The third kappa shape index (κ3) is 4.70. The van der Waals surface area contributed by atoms with E-state index in [-0.39, 0.29) is 11.4 Å². The van der Waals surface area contributed by atoms with Gasteiger partial charge >= 0.3 is 6.36 Å². The number of hydrogen-bond donors (Lipinski definition) is 1. The summed E-state index contributed by atoms with van der Waals surface area (Å²) < 4.78 is 73.8. The normalized spacial score (nSPS) is 11.9.